The summed E-state index contributed by atoms with van der Waals surface area (Å²) in [6, 6.07) is 0. The minimum Gasteiger partial charge on any atom is -0.347 e. The van der Waals surface area contributed by atoms with Crippen molar-refractivity contribution in [3.05, 3.63) is 0 Å². The van der Waals surface area contributed by atoms with E-state index in [1.54, 1.807) is 11.9 Å². The van der Waals surface area contributed by atoms with Crippen LogP contribution in [0.4, 0.5) is 0 Å². The molecule has 1 fully saturated rings. The zero-order valence-electron chi connectivity index (χ0n) is 9.95. The number of nitrogens with one attached hydrogen (secondary N) is 1. The smallest absolute Gasteiger partial charge is 0.241 e. The fourth-order valence-corrected chi connectivity index (χ4v) is 1.88. The highest BCUT2D eigenvalue weighted by molar-refractivity contribution is 7.80. The summed E-state index contributed by atoms with van der Waals surface area (Å²) in [5.41, 5.74) is 0.118. The second-order valence-electron chi connectivity index (χ2n) is 4.52. The molecule has 16 heavy (non-hydrogen) atoms. The first-order valence-corrected chi connectivity index (χ1v) is 6.28. The Balaban J connectivity index is 2.23. The minimum absolute atomic E-state index is 0.0376. The molecular formula is C11H20N2O2S. The molecule has 0 unspecified atom stereocenters. The van der Waals surface area contributed by atoms with E-state index < -0.39 is 0 Å². The SMILES string of the molecule is CCN(C)C(=O)CNC(=O)CC1(CS)CC1. The van der Waals surface area contributed by atoms with Gasteiger partial charge in [-0.3, -0.25) is 9.59 Å². The van der Waals surface area contributed by atoms with Gasteiger partial charge in [-0.1, -0.05) is 0 Å². The van der Waals surface area contributed by atoms with Crippen LogP contribution in [0.5, 0.6) is 0 Å². The molecule has 0 aromatic heterocycles. The predicted molar refractivity (Wildman–Crippen MR) is 66.5 cm³/mol. The van der Waals surface area contributed by atoms with Crippen LogP contribution in [0.25, 0.3) is 0 Å². The molecule has 2 amide bonds. The lowest BCUT2D eigenvalue weighted by Gasteiger charge is -2.16. The van der Waals surface area contributed by atoms with Gasteiger partial charge in [0, 0.05) is 20.0 Å². The Labute approximate surface area is 102 Å². The lowest BCUT2D eigenvalue weighted by Crippen LogP contribution is -2.38. The van der Waals surface area contributed by atoms with Crippen LogP contribution in [0.3, 0.4) is 0 Å². The highest BCUT2D eigenvalue weighted by atomic mass is 32.1. The Kier molecular flexibility index (Phi) is 4.65. The van der Waals surface area contributed by atoms with E-state index in [0.29, 0.717) is 13.0 Å². The molecule has 1 aliphatic carbocycles. The number of carbonyl (C=O) groups excluding carboxylic acids is 2. The molecule has 0 aromatic carbocycles. The number of likely N-dealkylation sites (N-methyl/N-ethyl adjacent to an activating group) is 1. The summed E-state index contributed by atoms with van der Waals surface area (Å²) < 4.78 is 0. The van der Waals surface area contributed by atoms with Gasteiger partial charge < -0.3 is 10.2 Å². The second kappa shape index (κ2) is 5.57. The van der Waals surface area contributed by atoms with E-state index in [4.69, 9.17) is 0 Å². The molecule has 0 aromatic rings. The fourth-order valence-electron chi connectivity index (χ4n) is 1.46. The largest absolute Gasteiger partial charge is 0.347 e. The first kappa shape index (κ1) is 13.4. The molecule has 0 spiro atoms. The highest BCUT2D eigenvalue weighted by Crippen LogP contribution is 2.49. The number of hydrogen-bond acceptors (Lipinski definition) is 3. The van der Waals surface area contributed by atoms with Crippen molar-refractivity contribution in [2.75, 3.05) is 25.9 Å². The summed E-state index contributed by atoms with van der Waals surface area (Å²) in [6.07, 6.45) is 2.65. The molecule has 0 aliphatic heterocycles. The van der Waals surface area contributed by atoms with Gasteiger partial charge in [0.25, 0.3) is 0 Å². The summed E-state index contributed by atoms with van der Waals surface area (Å²) in [5.74, 6) is 0.666. The van der Waals surface area contributed by atoms with Crippen molar-refractivity contribution in [1.29, 1.82) is 0 Å². The van der Waals surface area contributed by atoms with E-state index >= 15 is 0 Å². The molecule has 1 rings (SSSR count). The van der Waals surface area contributed by atoms with Crippen LogP contribution < -0.4 is 5.32 Å². The molecule has 0 radical (unpaired) electrons. The second-order valence-corrected chi connectivity index (χ2v) is 4.84. The van der Waals surface area contributed by atoms with Crippen molar-refractivity contribution >= 4 is 24.4 Å². The minimum atomic E-state index is -0.0495. The van der Waals surface area contributed by atoms with Crippen molar-refractivity contribution < 1.29 is 9.59 Å². The molecule has 0 atom stereocenters. The van der Waals surface area contributed by atoms with Crippen molar-refractivity contribution in [2.24, 2.45) is 5.41 Å². The molecule has 1 saturated carbocycles. The molecule has 0 bridgehead atoms. The number of carbonyl (C=O) groups is 2. The number of rotatable bonds is 6. The normalized spacial score (nSPS) is 16.7. The van der Waals surface area contributed by atoms with Crippen LogP contribution in [0, 0.1) is 5.41 Å². The van der Waals surface area contributed by atoms with Crippen LogP contribution in [0.15, 0.2) is 0 Å². The van der Waals surface area contributed by atoms with Gasteiger partial charge in [0.2, 0.25) is 11.8 Å². The standard InChI is InChI=1S/C11H20N2O2S/c1-3-13(2)10(15)7-12-9(14)6-11(8-16)4-5-11/h16H,3-8H2,1-2H3,(H,12,14). The number of hydrogen-bond donors (Lipinski definition) is 2. The molecule has 5 heteroatoms. The lowest BCUT2D eigenvalue weighted by atomic mass is 10.1. The average Bonchev–Trinajstić information content (AvgIpc) is 3.05. The first-order chi connectivity index (χ1) is 7.53. The maximum atomic E-state index is 11.6. The van der Waals surface area contributed by atoms with Crippen LogP contribution in [-0.4, -0.2) is 42.6 Å². The summed E-state index contributed by atoms with van der Waals surface area (Å²) in [5, 5.41) is 2.66. The zero-order chi connectivity index (χ0) is 12.2. The summed E-state index contributed by atoms with van der Waals surface area (Å²) in [6.45, 7) is 2.67. The van der Waals surface area contributed by atoms with Crippen molar-refractivity contribution in [2.45, 2.75) is 26.2 Å². The number of nitrogens with zero attached hydrogens (tertiary/aromatic N) is 1. The fraction of sp³-hybridized carbons (Fsp3) is 0.818. The quantitative estimate of drug-likeness (QED) is 0.675. The maximum Gasteiger partial charge on any atom is 0.241 e. The highest BCUT2D eigenvalue weighted by Gasteiger charge is 2.42. The summed E-state index contributed by atoms with van der Waals surface area (Å²) in [7, 11) is 1.73. The third-order valence-corrected chi connectivity index (χ3v) is 3.84. The van der Waals surface area contributed by atoms with E-state index in [-0.39, 0.29) is 23.8 Å². The van der Waals surface area contributed by atoms with Gasteiger partial charge in [0.15, 0.2) is 0 Å². The Morgan fingerprint density at radius 2 is 2.06 bits per heavy atom. The maximum absolute atomic E-state index is 11.6. The van der Waals surface area contributed by atoms with Gasteiger partial charge in [-0.25, -0.2) is 0 Å². The van der Waals surface area contributed by atoms with Crippen molar-refractivity contribution in [3.8, 4) is 0 Å². The Morgan fingerprint density at radius 1 is 1.44 bits per heavy atom. The van der Waals surface area contributed by atoms with Crippen LogP contribution in [0.1, 0.15) is 26.2 Å². The molecule has 4 nitrogen and oxygen atoms in total. The molecular weight excluding hydrogens is 224 g/mol. The predicted octanol–water partition coefficient (Wildman–Crippen LogP) is 0.681. The monoisotopic (exact) mass is 244 g/mol. The molecule has 1 N–H and O–H groups in total. The van der Waals surface area contributed by atoms with E-state index in [0.717, 1.165) is 18.6 Å². The third kappa shape index (κ3) is 3.70. The average molecular weight is 244 g/mol. The summed E-state index contributed by atoms with van der Waals surface area (Å²) >= 11 is 4.24. The lowest BCUT2D eigenvalue weighted by molar-refractivity contribution is -0.132. The van der Waals surface area contributed by atoms with Crippen molar-refractivity contribution in [3.63, 3.8) is 0 Å². The Bertz CT molecular complexity index is 277. The van der Waals surface area contributed by atoms with Gasteiger partial charge in [-0.2, -0.15) is 12.6 Å². The van der Waals surface area contributed by atoms with E-state index in [9.17, 15) is 9.59 Å². The van der Waals surface area contributed by atoms with Crippen LogP contribution in [0.2, 0.25) is 0 Å². The topological polar surface area (TPSA) is 49.4 Å². The third-order valence-electron chi connectivity index (χ3n) is 3.16. The molecule has 0 saturated heterocycles. The summed E-state index contributed by atoms with van der Waals surface area (Å²) in [4.78, 5) is 24.6. The molecule has 1 aliphatic rings. The Morgan fingerprint density at radius 3 is 2.50 bits per heavy atom. The van der Waals surface area contributed by atoms with E-state index in [1.165, 1.54) is 0 Å². The van der Waals surface area contributed by atoms with Gasteiger partial charge in [0.05, 0.1) is 6.54 Å². The van der Waals surface area contributed by atoms with E-state index in [1.807, 2.05) is 6.92 Å². The first-order valence-electron chi connectivity index (χ1n) is 5.64. The molecule has 0 heterocycles. The van der Waals surface area contributed by atoms with Gasteiger partial charge in [-0.05, 0) is 30.9 Å². The van der Waals surface area contributed by atoms with Crippen molar-refractivity contribution in [1.82, 2.24) is 10.2 Å². The van der Waals surface area contributed by atoms with Crippen LogP contribution in [-0.2, 0) is 9.59 Å². The van der Waals surface area contributed by atoms with E-state index in [2.05, 4.69) is 17.9 Å². The van der Waals surface area contributed by atoms with Gasteiger partial charge in [-0.15, -0.1) is 0 Å². The number of thiol groups is 1. The van der Waals surface area contributed by atoms with Gasteiger partial charge in [0.1, 0.15) is 0 Å². The zero-order valence-corrected chi connectivity index (χ0v) is 10.8. The molecule has 92 valence electrons. The van der Waals surface area contributed by atoms with Crippen LogP contribution >= 0.6 is 12.6 Å². The van der Waals surface area contributed by atoms with Gasteiger partial charge >= 0.3 is 0 Å². The Hall–Kier alpha value is -0.710. The number of amides is 2.